The predicted molar refractivity (Wildman–Crippen MR) is 87.3 cm³/mol. The number of amides is 1. The molecule has 0 aromatic carbocycles. The lowest BCUT2D eigenvalue weighted by Crippen LogP contribution is -2.53. The zero-order valence-corrected chi connectivity index (χ0v) is 13.9. The van der Waals surface area contributed by atoms with Crippen LogP contribution in [0.4, 0.5) is 0 Å². The molecule has 1 amide bonds. The van der Waals surface area contributed by atoms with Crippen LogP contribution >= 0.6 is 0 Å². The quantitative estimate of drug-likeness (QED) is 0.789. The molecule has 0 spiro atoms. The van der Waals surface area contributed by atoms with E-state index in [9.17, 15) is 4.79 Å². The standard InChI is InChI=1S/C17H33N3O/c1-3-8-17(9-7-10-18-14-17)16(21)19-13-15(2)20-11-5-4-6-12-20/h15,18H,3-14H2,1-2H3,(H,19,21). The highest BCUT2D eigenvalue weighted by Crippen LogP contribution is 2.31. The molecule has 2 unspecified atom stereocenters. The summed E-state index contributed by atoms with van der Waals surface area (Å²) in [5, 5.41) is 6.68. The van der Waals surface area contributed by atoms with Gasteiger partial charge in [0.05, 0.1) is 5.41 Å². The van der Waals surface area contributed by atoms with E-state index in [0.29, 0.717) is 6.04 Å². The Bertz CT molecular complexity index is 314. The number of hydrogen-bond acceptors (Lipinski definition) is 3. The third-order valence-electron chi connectivity index (χ3n) is 5.25. The van der Waals surface area contributed by atoms with E-state index in [2.05, 4.69) is 29.4 Å². The molecular formula is C17H33N3O. The van der Waals surface area contributed by atoms with E-state index in [1.54, 1.807) is 0 Å². The maximum absolute atomic E-state index is 12.7. The van der Waals surface area contributed by atoms with E-state index >= 15 is 0 Å². The van der Waals surface area contributed by atoms with Gasteiger partial charge in [0, 0.05) is 19.1 Å². The Morgan fingerprint density at radius 3 is 2.67 bits per heavy atom. The molecule has 2 aliphatic rings. The Kier molecular flexibility index (Phi) is 6.49. The molecule has 2 aliphatic heterocycles. The van der Waals surface area contributed by atoms with Crippen LogP contribution in [0.1, 0.15) is 58.8 Å². The monoisotopic (exact) mass is 295 g/mol. The van der Waals surface area contributed by atoms with Crippen molar-refractivity contribution >= 4 is 5.91 Å². The van der Waals surface area contributed by atoms with Crippen molar-refractivity contribution in [3.05, 3.63) is 0 Å². The van der Waals surface area contributed by atoms with Gasteiger partial charge in [-0.25, -0.2) is 0 Å². The average molecular weight is 295 g/mol. The first-order valence-electron chi connectivity index (χ1n) is 8.91. The Labute approximate surface area is 130 Å². The van der Waals surface area contributed by atoms with Crippen molar-refractivity contribution in [2.75, 3.05) is 32.7 Å². The number of carbonyl (C=O) groups is 1. The zero-order valence-electron chi connectivity index (χ0n) is 13.9. The minimum absolute atomic E-state index is 0.158. The third-order valence-corrected chi connectivity index (χ3v) is 5.25. The summed E-state index contributed by atoms with van der Waals surface area (Å²) in [4.78, 5) is 15.3. The number of likely N-dealkylation sites (tertiary alicyclic amines) is 1. The minimum atomic E-state index is -0.158. The minimum Gasteiger partial charge on any atom is -0.354 e. The average Bonchev–Trinajstić information content (AvgIpc) is 2.54. The second kappa shape index (κ2) is 8.14. The molecule has 0 aliphatic carbocycles. The number of nitrogens with zero attached hydrogens (tertiary/aromatic N) is 1. The van der Waals surface area contributed by atoms with E-state index in [4.69, 9.17) is 0 Å². The number of hydrogen-bond donors (Lipinski definition) is 2. The predicted octanol–water partition coefficient (Wildman–Crippen LogP) is 2.15. The van der Waals surface area contributed by atoms with Gasteiger partial charge in [0.2, 0.25) is 5.91 Å². The van der Waals surface area contributed by atoms with Crippen LogP contribution in [0.2, 0.25) is 0 Å². The summed E-state index contributed by atoms with van der Waals surface area (Å²) in [5.41, 5.74) is -0.158. The summed E-state index contributed by atoms with van der Waals surface area (Å²) in [5.74, 6) is 0.278. The summed E-state index contributed by atoms with van der Waals surface area (Å²) >= 11 is 0. The number of piperidine rings is 2. The van der Waals surface area contributed by atoms with Gasteiger partial charge in [-0.1, -0.05) is 19.8 Å². The van der Waals surface area contributed by atoms with Gasteiger partial charge >= 0.3 is 0 Å². The molecule has 2 heterocycles. The highest BCUT2D eigenvalue weighted by Gasteiger charge is 2.38. The lowest BCUT2D eigenvalue weighted by atomic mass is 9.76. The van der Waals surface area contributed by atoms with Crippen molar-refractivity contribution in [2.24, 2.45) is 5.41 Å². The molecule has 0 aromatic rings. The van der Waals surface area contributed by atoms with Crippen molar-refractivity contribution in [3.63, 3.8) is 0 Å². The van der Waals surface area contributed by atoms with Crippen molar-refractivity contribution in [1.29, 1.82) is 0 Å². The van der Waals surface area contributed by atoms with Gasteiger partial charge in [0.15, 0.2) is 0 Å². The first kappa shape index (κ1) is 16.8. The molecule has 122 valence electrons. The van der Waals surface area contributed by atoms with Gasteiger partial charge in [-0.15, -0.1) is 0 Å². The molecule has 2 rings (SSSR count). The Morgan fingerprint density at radius 2 is 2.05 bits per heavy atom. The van der Waals surface area contributed by atoms with Gasteiger partial charge in [-0.2, -0.15) is 0 Å². The van der Waals surface area contributed by atoms with E-state index in [-0.39, 0.29) is 11.3 Å². The summed E-state index contributed by atoms with van der Waals surface area (Å²) in [6.45, 7) is 9.52. The number of nitrogens with one attached hydrogen (secondary N) is 2. The largest absolute Gasteiger partial charge is 0.354 e. The molecule has 0 aromatic heterocycles. The smallest absolute Gasteiger partial charge is 0.227 e. The van der Waals surface area contributed by atoms with Crippen LogP contribution in [-0.4, -0.2) is 49.6 Å². The van der Waals surface area contributed by atoms with Crippen LogP contribution in [0.25, 0.3) is 0 Å². The van der Waals surface area contributed by atoms with Crippen molar-refractivity contribution in [2.45, 2.75) is 64.8 Å². The van der Waals surface area contributed by atoms with Crippen LogP contribution in [0, 0.1) is 5.41 Å². The molecule has 2 fully saturated rings. The normalized spacial score (nSPS) is 29.0. The fraction of sp³-hybridized carbons (Fsp3) is 0.941. The van der Waals surface area contributed by atoms with E-state index in [0.717, 1.165) is 45.3 Å². The van der Waals surface area contributed by atoms with Gasteiger partial charge in [0.25, 0.3) is 0 Å². The molecule has 0 saturated carbocycles. The fourth-order valence-electron chi connectivity index (χ4n) is 3.88. The van der Waals surface area contributed by atoms with Crippen LogP contribution < -0.4 is 10.6 Å². The van der Waals surface area contributed by atoms with Gasteiger partial charge in [-0.05, 0) is 58.7 Å². The van der Waals surface area contributed by atoms with Gasteiger partial charge in [-0.3, -0.25) is 9.69 Å². The third kappa shape index (κ3) is 4.43. The second-order valence-electron chi connectivity index (χ2n) is 6.97. The van der Waals surface area contributed by atoms with Crippen molar-refractivity contribution < 1.29 is 4.79 Å². The van der Waals surface area contributed by atoms with E-state index < -0.39 is 0 Å². The topological polar surface area (TPSA) is 44.4 Å². The van der Waals surface area contributed by atoms with E-state index in [1.165, 1.54) is 32.4 Å². The first-order valence-corrected chi connectivity index (χ1v) is 8.91. The molecular weight excluding hydrogens is 262 g/mol. The van der Waals surface area contributed by atoms with E-state index in [1.807, 2.05) is 0 Å². The number of carbonyl (C=O) groups excluding carboxylic acids is 1. The summed E-state index contributed by atoms with van der Waals surface area (Å²) < 4.78 is 0. The van der Waals surface area contributed by atoms with Gasteiger partial charge in [0.1, 0.15) is 0 Å². The Balaban J connectivity index is 1.83. The maximum atomic E-state index is 12.7. The molecule has 4 heteroatoms. The maximum Gasteiger partial charge on any atom is 0.227 e. The molecule has 0 bridgehead atoms. The highest BCUT2D eigenvalue weighted by atomic mass is 16.2. The number of rotatable bonds is 6. The first-order chi connectivity index (χ1) is 10.2. The molecule has 4 nitrogen and oxygen atoms in total. The summed E-state index contributed by atoms with van der Waals surface area (Å²) in [7, 11) is 0. The van der Waals surface area contributed by atoms with Gasteiger partial charge < -0.3 is 10.6 Å². The lowest BCUT2D eigenvalue weighted by molar-refractivity contribution is -0.132. The molecule has 21 heavy (non-hydrogen) atoms. The summed E-state index contributed by atoms with van der Waals surface area (Å²) in [6, 6.07) is 0.462. The SMILES string of the molecule is CCCC1(C(=O)NCC(C)N2CCCCC2)CCCNC1. The van der Waals surface area contributed by atoms with Crippen LogP contribution in [0.5, 0.6) is 0 Å². The van der Waals surface area contributed by atoms with Crippen LogP contribution in [0.15, 0.2) is 0 Å². The molecule has 2 atom stereocenters. The Morgan fingerprint density at radius 1 is 1.29 bits per heavy atom. The fourth-order valence-corrected chi connectivity index (χ4v) is 3.88. The summed E-state index contributed by atoms with van der Waals surface area (Å²) in [6.07, 6.45) is 8.22. The Hall–Kier alpha value is -0.610. The zero-order chi connectivity index (χ0) is 15.1. The van der Waals surface area contributed by atoms with Crippen molar-refractivity contribution in [3.8, 4) is 0 Å². The second-order valence-corrected chi connectivity index (χ2v) is 6.97. The molecule has 0 radical (unpaired) electrons. The van der Waals surface area contributed by atoms with Crippen LogP contribution in [-0.2, 0) is 4.79 Å². The highest BCUT2D eigenvalue weighted by molar-refractivity contribution is 5.83. The van der Waals surface area contributed by atoms with Crippen molar-refractivity contribution in [1.82, 2.24) is 15.5 Å². The molecule has 2 N–H and O–H groups in total. The molecule has 2 saturated heterocycles. The lowest BCUT2D eigenvalue weighted by Gasteiger charge is -2.37. The van der Waals surface area contributed by atoms with Crippen LogP contribution in [0.3, 0.4) is 0 Å².